The van der Waals surface area contributed by atoms with E-state index in [1.54, 1.807) is 6.92 Å². The van der Waals surface area contributed by atoms with Crippen LogP contribution in [0, 0.1) is 24.2 Å². The zero-order chi connectivity index (χ0) is 26.2. The number of Topliss-reactive ketones (excluding diaryl/α,β-unsaturated/α-hetero) is 2. The van der Waals surface area contributed by atoms with Crippen molar-refractivity contribution in [3.05, 3.63) is 75.2 Å². The topological polar surface area (TPSA) is 123 Å². The quantitative estimate of drug-likeness (QED) is 0.400. The van der Waals surface area contributed by atoms with Gasteiger partial charge in [-0.25, -0.2) is 26.9 Å². The van der Waals surface area contributed by atoms with Crippen molar-refractivity contribution in [1.82, 2.24) is 14.8 Å². The van der Waals surface area contributed by atoms with E-state index in [0.717, 1.165) is 10.7 Å². The number of hydrogen-bond donors (Lipinski definition) is 0. The second-order valence-corrected chi connectivity index (χ2v) is 11.1. The molecule has 186 valence electrons. The molecule has 1 aliphatic rings. The first-order valence-electron chi connectivity index (χ1n) is 10.8. The van der Waals surface area contributed by atoms with Crippen LogP contribution in [0.2, 0.25) is 5.02 Å². The molecule has 0 N–H and O–H groups in total. The molecule has 0 radical (unpaired) electrons. The molecule has 0 spiro atoms. The maximum atomic E-state index is 13.4. The number of pyridine rings is 1. The summed E-state index contributed by atoms with van der Waals surface area (Å²) in [5.41, 5.74) is 0.309. The van der Waals surface area contributed by atoms with E-state index in [1.807, 2.05) is 6.07 Å². The monoisotopic (exact) mass is 532 g/mol. The van der Waals surface area contributed by atoms with Gasteiger partial charge in [0.1, 0.15) is 11.4 Å². The van der Waals surface area contributed by atoms with Crippen molar-refractivity contribution in [1.29, 1.82) is 5.26 Å². The van der Waals surface area contributed by atoms with E-state index in [0.29, 0.717) is 11.1 Å². The molecule has 0 saturated carbocycles. The summed E-state index contributed by atoms with van der Waals surface area (Å²) in [4.78, 5) is 30.5. The third kappa shape index (κ3) is 5.20. The third-order valence-corrected chi connectivity index (χ3v) is 8.12. The average molecular weight is 533 g/mol. The predicted octanol–water partition coefficient (Wildman–Crippen LogP) is 4.08. The lowest BCUT2D eigenvalue weighted by Gasteiger charge is -2.25. The van der Waals surface area contributed by atoms with Crippen LogP contribution in [0.5, 0.6) is 0 Å². The maximum Gasteiger partial charge on any atom is 0.282 e. The van der Waals surface area contributed by atoms with Gasteiger partial charge in [0.15, 0.2) is 27.2 Å². The fraction of sp³-hybridized carbons (Fsp3) is 0.292. The largest absolute Gasteiger partial charge is 0.294 e. The molecule has 1 aliphatic heterocycles. The molecule has 3 heterocycles. The number of ketones is 2. The minimum Gasteiger partial charge on any atom is -0.294 e. The van der Waals surface area contributed by atoms with Crippen LogP contribution < -0.4 is 0 Å². The van der Waals surface area contributed by atoms with E-state index in [2.05, 4.69) is 10.1 Å². The molecule has 3 aromatic rings. The summed E-state index contributed by atoms with van der Waals surface area (Å²) in [6, 6.07) is 8.82. The van der Waals surface area contributed by atoms with E-state index in [-0.39, 0.29) is 57.9 Å². The van der Waals surface area contributed by atoms with E-state index in [4.69, 9.17) is 11.6 Å². The molecule has 0 unspecified atom stereocenters. The first-order chi connectivity index (χ1) is 17.0. The van der Waals surface area contributed by atoms with E-state index < -0.39 is 33.5 Å². The standard InChI is InChI=1S/C24H19ClF2N4O4S/c1-13-5-14(10-28)6-17(21(32)7-15-11-36(34,35)12-15)16(13)8-22(33)20-9-19(23(26)27)30-31(20)24-18(25)3-2-4-29-24/h2-6,9,15,23H,7-8,11-12H2,1H3. The fourth-order valence-electron chi connectivity index (χ4n) is 4.17. The van der Waals surface area contributed by atoms with Gasteiger partial charge in [0, 0.05) is 24.6 Å². The maximum absolute atomic E-state index is 13.4. The number of rotatable bonds is 8. The van der Waals surface area contributed by atoms with Crippen molar-refractivity contribution in [3.63, 3.8) is 0 Å². The molecule has 8 nitrogen and oxygen atoms in total. The van der Waals surface area contributed by atoms with Gasteiger partial charge in [0.2, 0.25) is 0 Å². The molecule has 0 amide bonds. The number of halogens is 3. The number of carbonyl (C=O) groups is 2. The van der Waals surface area contributed by atoms with Crippen LogP contribution in [0.3, 0.4) is 0 Å². The van der Waals surface area contributed by atoms with Crippen molar-refractivity contribution < 1.29 is 26.8 Å². The Morgan fingerprint density at radius 1 is 1.25 bits per heavy atom. The van der Waals surface area contributed by atoms with Crippen molar-refractivity contribution >= 4 is 33.0 Å². The molecule has 1 aromatic carbocycles. The summed E-state index contributed by atoms with van der Waals surface area (Å²) in [5, 5.41) is 13.3. The van der Waals surface area contributed by atoms with Crippen LogP contribution in [-0.4, -0.2) is 46.3 Å². The van der Waals surface area contributed by atoms with Crippen LogP contribution in [0.15, 0.2) is 36.5 Å². The smallest absolute Gasteiger partial charge is 0.282 e. The Bertz CT molecular complexity index is 1520. The predicted molar refractivity (Wildman–Crippen MR) is 126 cm³/mol. The molecule has 0 bridgehead atoms. The zero-order valence-corrected chi connectivity index (χ0v) is 20.5. The number of aryl methyl sites for hydroxylation is 1. The second-order valence-electron chi connectivity index (χ2n) is 8.58. The zero-order valence-electron chi connectivity index (χ0n) is 18.9. The van der Waals surface area contributed by atoms with Crippen molar-refractivity contribution in [2.24, 2.45) is 5.92 Å². The number of carbonyl (C=O) groups excluding carboxylic acids is 2. The highest BCUT2D eigenvalue weighted by molar-refractivity contribution is 7.92. The number of nitriles is 1. The number of aromatic nitrogens is 3. The summed E-state index contributed by atoms with van der Waals surface area (Å²) in [6.45, 7) is 1.63. The van der Waals surface area contributed by atoms with Gasteiger partial charge >= 0.3 is 0 Å². The number of alkyl halides is 2. The van der Waals surface area contributed by atoms with Crippen molar-refractivity contribution in [2.45, 2.75) is 26.2 Å². The lowest BCUT2D eigenvalue weighted by molar-refractivity contribution is 0.0965. The lowest BCUT2D eigenvalue weighted by Crippen LogP contribution is -2.37. The average Bonchev–Trinajstić information content (AvgIpc) is 3.25. The lowest BCUT2D eigenvalue weighted by atomic mass is 9.89. The molecular formula is C24H19ClF2N4O4S. The molecule has 12 heteroatoms. The summed E-state index contributed by atoms with van der Waals surface area (Å²) in [7, 11) is -3.13. The van der Waals surface area contributed by atoms with Crippen LogP contribution >= 0.6 is 11.6 Å². The fourth-order valence-corrected chi connectivity index (χ4v) is 5.95. The minimum absolute atomic E-state index is 0.00606. The molecular weight excluding hydrogens is 514 g/mol. The van der Waals surface area contributed by atoms with Crippen LogP contribution in [0.1, 0.15) is 56.1 Å². The normalized spacial score (nSPS) is 14.9. The second kappa shape index (κ2) is 9.87. The minimum atomic E-state index is -3.13. The number of sulfone groups is 1. The van der Waals surface area contributed by atoms with Crippen molar-refractivity contribution in [3.8, 4) is 11.9 Å². The molecule has 1 saturated heterocycles. The Hall–Kier alpha value is -3.49. The molecule has 0 atom stereocenters. The van der Waals surface area contributed by atoms with Gasteiger partial charge in [-0.2, -0.15) is 10.4 Å². The van der Waals surface area contributed by atoms with Gasteiger partial charge in [-0.15, -0.1) is 0 Å². The third-order valence-electron chi connectivity index (χ3n) is 5.87. The van der Waals surface area contributed by atoms with Gasteiger partial charge in [0.05, 0.1) is 28.2 Å². The molecule has 1 fully saturated rings. The highest BCUT2D eigenvalue weighted by Crippen LogP contribution is 2.28. The number of hydrogen-bond acceptors (Lipinski definition) is 7. The summed E-state index contributed by atoms with van der Waals surface area (Å²) < 4.78 is 50.8. The Morgan fingerprint density at radius 2 is 1.97 bits per heavy atom. The number of benzene rings is 1. The molecule has 2 aromatic heterocycles. The van der Waals surface area contributed by atoms with Crippen LogP contribution in [0.25, 0.3) is 5.82 Å². The van der Waals surface area contributed by atoms with E-state index in [1.165, 1.54) is 30.5 Å². The van der Waals surface area contributed by atoms with Crippen molar-refractivity contribution in [2.75, 3.05) is 11.5 Å². The van der Waals surface area contributed by atoms with Gasteiger partial charge in [-0.05, 0) is 54.3 Å². The summed E-state index contributed by atoms with van der Waals surface area (Å²) >= 11 is 6.16. The van der Waals surface area contributed by atoms with Gasteiger partial charge in [-0.3, -0.25) is 9.59 Å². The SMILES string of the molecule is Cc1cc(C#N)cc(C(=O)CC2CS(=O)(=O)C2)c1CC(=O)c1cc(C(F)F)nn1-c1ncccc1Cl. The van der Waals surface area contributed by atoms with Crippen LogP contribution in [-0.2, 0) is 16.3 Å². The van der Waals surface area contributed by atoms with Gasteiger partial charge in [0.25, 0.3) is 6.43 Å². The Balaban J connectivity index is 1.72. The Labute approximate surface area is 210 Å². The Morgan fingerprint density at radius 3 is 2.58 bits per heavy atom. The first-order valence-corrected chi connectivity index (χ1v) is 13.0. The molecule has 4 rings (SSSR count). The Kier molecular flexibility index (Phi) is 7.02. The highest BCUT2D eigenvalue weighted by Gasteiger charge is 2.35. The molecule has 0 aliphatic carbocycles. The van der Waals surface area contributed by atoms with E-state index in [9.17, 15) is 32.0 Å². The van der Waals surface area contributed by atoms with Crippen LogP contribution in [0.4, 0.5) is 8.78 Å². The molecule has 36 heavy (non-hydrogen) atoms. The summed E-state index contributed by atoms with van der Waals surface area (Å²) in [6.07, 6.45) is -1.97. The van der Waals surface area contributed by atoms with E-state index >= 15 is 0 Å². The van der Waals surface area contributed by atoms with Gasteiger partial charge in [-0.1, -0.05) is 11.6 Å². The van der Waals surface area contributed by atoms with Gasteiger partial charge < -0.3 is 0 Å². The summed E-state index contributed by atoms with van der Waals surface area (Å²) in [5.74, 6) is -1.54. The first kappa shape index (κ1) is 25.6. The highest BCUT2D eigenvalue weighted by atomic mass is 35.5. The number of nitrogens with zero attached hydrogens (tertiary/aromatic N) is 4.